The molecule has 0 aliphatic carbocycles. The zero-order valence-electron chi connectivity index (χ0n) is 8.42. The van der Waals surface area contributed by atoms with E-state index in [0.717, 1.165) is 0 Å². The summed E-state index contributed by atoms with van der Waals surface area (Å²) in [5, 5.41) is -2.56. The second-order valence-corrected chi connectivity index (χ2v) is 3.46. The van der Waals surface area contributed by atoms with E-state index < -0.39 is 57.1 Å². The van der Waals surface area contributed by atoms with Crippen LogP contribution in [-0.4, -0.2) is 0 Å². The average molecular weight is 266 g/mol. The maximum absolute atomic E-state index is 13.5. The van der Waals surface area contributed by atoms with Crippen molar-refractivity contribution < 1.29 is 26.3 Å². The molecule has 2 aromatic carbocycles. The molecule has 0 atom stereocenters. The molecule has 0 fully saturated rings. The molecule has 0 amide bonds. The highest BCUT2D eigenvalue weighted by molar-refractivity contribution is 5.96. The number of nitrogen functional groups attached to an aromatic ring is 2. The lowest BCUT2D eigenvalue weighted by atomic mass is 10.0. The Labute approximate surface area is 95.8 Å². The molecule has 0 unspecified atom stereocenters. The van der Waals surface area contributed by atoms with Gasteiger partial charge in [0.25, 0.3) is 0 Å². The van der Waals surface area contributed by atoms with Crippen molar-refractivity contribution in [1.29, 1.82) is 0 Å². The van der Waals surface area contributed by atoms with Crippen LogP contribution in [0.25, 0.3) is 10.8 Å². The molecule has 2 rings (SSSR count). The Morgan fingerprint density at radius 3 is 1.44 bits per heavy atom. The van der Waals surface area contributed by atoms with Gasteiger partial charge < -0.3 is 11.5 Å². The van der Waals surface area contributed by atoms with Gasteiger partial charge in [0.05, 0.1) is 16.5 Å². The van der Waals surface area contributed by atoms with Gasteiger partial charge in [0.15, 0.2) is 34.9 Å². The third kappa shape index (κ3) is 1.31. The smallest absolute Gasteiger partial charge is 0.197 e. The number of halogens is 6. The highest BCUT2D eigenvalue weighted by atomic mass is 19.2. The van der Waals surface area contributed by atoms with Crippen molar-refractivity contribution in [2.24, 2.45) is 0 Å². The highest BCUT2D eigenvalue weighted by Crippen LogP contribution is 2.37. The Kier molecular flexibility index (Phi) is 2.53. The highest BCUT2D eigenvalue weighted by Gasteiger charge is 2.28. The van der Waals surface area contributed by atoms with Crippen LogP contribution in [0.4, 0.5) is 37.7 Å². The first-order chi connectivity index (χ1) is 8.29. The summed E-state index contributed by atoms with van der Waals surface area (Å²) in [5.41, 5.74) is 7.24. The maximum Gasteiger partial charge on any atom is 0.197 e. The fraction of sp³-hybridized carbons (Fsp3) is 0. The molecular weight excluding hydrogens is 262 g/mol. The number of benzene rings is 2. The van der Waals surface area contributed by atoms with E-state index in [4.69, 9.17) is 11.5 Å². The molecule has 2 aromatic rings. The number of anilines is 2. The molecule has 4 N–H and O–H groups in total. The minimum Gasteiger partial charge on any atom is -0.396 e. The van der Waals surface area contributed by atoms with Crippen molar-refractivity contribution >= 4 is 22.1 Å². The lowest BCUT2D eigenvalue weighted by Crippen LogP contribution is -2.08. The Morgan fingerprint density at radius 2 is 0.889 bits per heavy atom. The van der Waals surface area contributed by atoms with Crippen molar-refractivity contribution in [2.45, 2.75) is 0 Å². The van der Waals surface area contributed by atoms with Crippen LogP contribution in [0.15, 0.2) is 0 Å². The summed E-state index contributed by atoms with van der Waals surface area (Å²) < 4.78 is 79.5. The Bertz CT molecular complexity index is 569. The molecular formula is C10H4F6N2. The molecule has 0 saturated carbocycles. The van der Waals surface area contributed by atoms with Gasteiger partial charge in [-0.3, -0.25) is 0 Å². The Hall–Kier alpha value is -2.12. The Morgan fingerprint density at radius 1 is 0.444 bits per heavy atom. The summed E-state index contributed by atoms with van der Waals surface area (Å²) in [4.78, 5) is 0. The normalized spacial score (nSPS) is 11.2. The summed E-state index contributed by atoms with van der Waals surface area (Å²) in [7, 11) is 0. The first-order valence-corrected chi connectivity index (χ1v) is 4.46. The summed E-state index contributed by atoms with van der Waals surface area (Å²) >= 11 is 0. The summed E-state index contributed by atoms with van der Waals surface area (Å²) in [6.45, 7) is 0. The second kappa shape index (κ2) is 3.69. The van der Waals surface area contributed by atoms with Crippen molar-refractivity contribution in [3.63, 3.8) is 0 Å². The lowest BCUT2D eigenvalue weighted by Gasteiger charge is -2.11. The predicted octanol–water partition coefficient (Wildman–Crippen LogP) is 2.84. The molecule has 0 aliphatic rings. The van der Waals surface area contributed by atoms with E-state index in [1.165, 1.54) is 0 Å². The summed E-state index contributed by atoms with van der Waals surface area (Å²) in [6, 6.07) is 0. The van der Waals surface area contributed by atoms with Crippen LogP contribution in [0.2, 0.25) is 0 Å². The number of hydrogen-bond acceptors (Lipinski definition) is 2. The van der Waals surface area contributed by atoms with Gasteiger partial charge >= 0.3 is 0 Å². The van der Waals surface area contributed by atoms with Crippen LogP contribution in [0, 0.1) is 34.9 Å². The van der Waals surface area contributed by atoms with E-state index in [9.17, 15) is 26.3 Å². The van der Waals surface area contributed by atoms with Crippen LogP contribution >= 0.6 is 0 Å². The minimum absolute atomic E-state index is 1.23. The molecule has 0 aromatic heterocycles. The number of hydrogen-bond donors (Lipinski definition) is 2. The van der Waals surface area contributed by atoms with E-state index in [0.29, 0.717) is 0 Å². The lowest BCUT2D eigenvalue weighted by molar-refractivity contribution is 0.451. The third-order valence-corrected chi connectivity index (χ3v) is 2.47. The number of rotatable bonds is 0. The third-order valence-electron chi connectivity index (χ3n) is 2.47. The second-order valence-electron chi connectivity index (χ2n) is 3.46. The van der Waals surface area contributed by atoms with Gasteiger partial charge in [-0.15, -0.1) is 0 Å². The molecule has 0 aliphatic heterocycles. The van der Waals surface area contributed by atoms with E-state index in [1.54, 1.807) is 0 Å². The molecule has 8 heteroatoms. The molecule has 18 heavy (non-hydrogen) atoms. The zero-order chi connectivity index (χ0) is 13.8. The van der Waals surface area contributed by atoms with Gasteiger partial charge in [0, 0.05) is 0 Å². The van der Waals surface area contributed by atoms with Crippen molar-refractivity contribution in [3.05, 3.63) is 34.9 Å². The first-order valence-electron chi connectivity index (χ1n) is 4.46. The number of fused-ring (bicyclic) bond motifs is 1. The van der Waals surface area contributed by atoms with Crippen molar-refractivity contribution in [1.82, 2.24) is 0 Å². The average Bonchev–Trinajstić information content (AvgIpc) is 2.35. The number of nitrogens with two attached hydrogens (primary N) is 2. The molecule has 96 valence electrons. The van der Waals surface area contributed by atoms with Gasteiger partial charge in [-0.2, -0.15) is 0 Å². The van der Waals surface area contributed by atoms with Gasteiger partial charge in [-0.25, -0.2) is 26.3 Å². The van der Waals surface area contributed by atoms with Crippen molar-refractivity contribution in [3.8, 4) is 0 Å². The van der Waals surface area contributed by atoms with E-state index in [-0.39, 0.29) is 0 Å². The van der Waals surface area contributed by atoms with E-state index in [1.807, 2.05) is 0 Å². The zero-order valence-corrected chi connectivity index (χ0v) is 8.42. The fourth-order valence-electron chi connectivity index (χ4n) is 1.57. The van der Waals surface area contributed by atoms with Gasteiger partial charge in [0.2, 0.25) is 0 Å². The largest absolute Gasteiger partial charge is 0.396 e. The van der Waals surface area contributed by atoms with Crippen LogP contribution in [0.5, 0.6) is 0 Å². The SMILES string of the molecule is Nc1c(F)c(F)c2c(N)c(F)c(F)c(F)c2c1F. The Balaban J connectivity index is 3.22. The summed E-state index contributed by atoms with van der Waals surface area (Å²) in [6.07, 6.45) is 0. The van der Waals surface area contributed by atoms with Crippen LogP contribution < -0.4 is 11.5 Å². The molecule has 0 heterocycles. The maximum atomic E-state index is 13.5. The fourth-order valence-corrected chi connectivity index (χ4v) is 1.57. The molecule has 2 nitrogen and oxygen atoms in total. The van der Waals surface area contributed by atoms with Crippen molar-refractivity contribution in [2.75, 3.05) is 11.5 Å². The van der Waals surface area contributed by atoms with Crippen LogP contribution in [0.1, 0.15) is 0 Å². The standard InChI is InChI=1S/C10H4F6N2/c11-3-1-2(9(17)8(16)6(3)14)4(12)7(15)10(18)5(1)13/h17-18H2. The minimum atomic E-state index is -2.09. The summed E-state index contributed by atoms with van der Waals surface area (Å²) in [5.74, 6) is -11.5. The predicted molar refractivity (Wildman–Crippen MR) is 52.5 cm³/mol. The quantitative estimate of drug-likeness (QED) is 0.333. The topological polar surface area (TPSA) is 52.0 Å². The van der Waals surface area contributed by atoms with Crippen LogP contribution in [0.3, 0.4) is 0 Å². The molecule has 0 bridgehead atoms. The van der Waals surface area contributed by atoms with E-state index >= 15 is 0 Å². The first kappa shape index (κ1) is 12.3. The van der Waals surface area contributed by atoms with Gasteiger partial charge in [-0.05, 0) is 0 Å². The van der Waals surface area contributed by atoms with E-state index in [2.05, 4.69) is 0 Å². The molecule has 0 spiro atoms. The van der Waals surface area contributed by atoms with Gasteiger partial charge in [0.1, 0.15) is 5.69 Å². The molecule has 0 saturated heterocycles. The monoisotopic (exact) mass is 266 g/mol. The van der Waals surface area contributed by atoms with Gasteiger partial charge in [-0.1, -0.05) is 0 Å². The molecule has 0 radical (unpaired) electrons. The van der Waals surface area contributed by atoms with Crippen LogP contribution in [-0.2, 0) is 0 Å².